The molecular weight excluding hydrogens is 458 g/mol. The molecule has 0 radical (unpaired) electrons. The van der Waals surface area contributed by atoms with Crippen LogP contribution in [-0.2, 0) is 6.54 Å². The Bertz CT molecular complexity index is 827. The highest BCUT2D eigenvalue weighted by Gasteiger charge is 2.47. The molecule has 6 heteroatoms. The molecule has 1 aromatic carbocycles. The van der Waals surface area contributed by atoms with Gasteiger partial charge in [-0.1, -0.05) is 59.4 Å². The molecule has 4 nitrogen and oxygen atoms in total. The average molecular weight is 504 g/mol. The van der Waals surface area contributed by atoms with Crippen molar-refractivity contribution >= 4 is 20.1 Å². The lowest BCUT2D eigenvalue weighted by atomic mass is 9.98. The van der Waals surface area contributed by atoms with Gasteiger partial charge < -0.3 is 14.3 Å². The smallest absolute Gasteiger partial charge is 0.258 e. The first kappa shape index (κ1) is 27.5. The van der Waals surface area contributed by atoms with Gasteiger partial charge in [-0.2, -0.15) is 11.8 Å². The second-order valence-electron chi connectivity index (χ2n) is 10.9. The van der Waals surface area contributed by atoms with Crippen LogP contribution in [0.3, 0.4) is 0 Å². The van der Waals surface area contributed by atoms with Crippen molar-refractivity contribution in [2.45, 2.75) is 96.0 Å². The Morgan fingerprint density at radius 3 is 2.21 bits per heavy atom. The normalized spacial score (nSPS) is 18.9. The number of hydrogen-bond donors (Lipinski definition) is 1. The van der Waals surface area contributed by atoms with E-state index in [4.69, 9.17) is 9.16 Å². The molecule has 0 aliphatic carbocycles. The molecule has 1 aromatic rings. The van der Waals surface area contributed by atoms with E-state index in [0.29, 0.717) is 16.6 Å². The minimum absolute atomic E-state index is 0.262. The average Bonchev–Trinajstić information content (AvgIpc) is 3.29. The van der Waals surface area contributed by atoms with Crippen molar-refractivity contribution in [3.05, 3.63) is 23.8 Å². The summed E-state index contributed by atoms with van der Waals surface area (Å²) >= 11 is 1.89. The van der Waals surface area contributed by atoms with Crippen molar-refractivity contribution in [1.29, 1.82) is 0 Å². The maximum absolute atomic E-state index is 10.7. The molecule has 2 fully saturated rings. The van der Waals surface area contributed by atoms with E-state index in [1.165, 1.54) is 31.5 Å². The van der Waals surface area contributed by atoms with Gasteiger partial charge in [0.05, 0.1) is 0 Å². The van der Waals surface area contributed by atoms with Crippen LogP contribution in [0.1, 0.15) is 72.8 Å². The highest BCUT2D eigenvalue weighted by molar-refractivity contribution is 7.99. The zero-order valence-electron chi connectivity index (χ0n) is 22.2. The largest absolute Gasteiger partial charge is 0.540 e. The van der Waals surface area contributed by atoms with Crippen molar-refractivity contribution in [3.8, 4) is 23.3 Å². The first-order chi connectivity index (χ1) is 16.2. The van der Waals surface area contributed by atoms with Crippen LogP contribution in [0.15, 0.2) is 18.2 Å². The third kappa shape index (κ3) is 6.75. The SMILES string of the molecule is CC(C)[Si](Oc1ccc(CN2CCCC2)cc1OCC#CC1(O)CCSCC1)(C(C)C)C(C)C. The molecule has 34 heavy (non-hydrogen) atoms. The fourth-order valence-electron chi connectivity index (χ4n) is 5.74. The zero-order chi connectivity index (χ0) is 24.8. The van der Waals surface area contributed by atoms with E-state index in [1.54, 1.807) is 0 Å². The van der Waals surface area contributed by atoms with E-state index in [1.807, 2.05) is 11.8 Å². The van der Waals surface area contributed by atoms with Crippen LogP contribution >= 0.6 is 11.8 Å². The van der Waals surface area contributed by atoms with E-state index >= 15 is 0 Å². The van der Waals surface area contributed by atoms with Gasteiger partial charge in [0, 0.05) is 6.54 Å². The highest BCUT2D eigenvalue weighted by atomic mass is 32.2. The molecule has 2 aliphatic heterocycles. The molecule has 190 valence electrons. The Kier molecular flexibility index (Phi) is 9.86. The standard InChI is InChI=1S/C28H45NO3SSi/c1-22(2)34(23(3)4,24(5)6)32-26-11-10-25(21-29-15-7-8-16-29)20-27(26)31-17-9-12-28(30)13-18-33-19-14-28/h10-11,20,22-24,30H,7-8,13-19,21H2,1-6H3. The number of rotatable bonds is 9. The van der Waals surface area contributed by atoms with E-state index in [-0.39, 0.29) is 6.61 Å². The molecule has 0 saturated carbocycles. The van der Waals surface area contributed by atoms with Crippen LogP contribution in [0.4, 0.5) is 0 Å². The molecule has 0 unspecified atom stereocenters. The van der Waals surface area contributed by atoms with Crippen LogP contribution in [0, 0.1) is 11.8 Å². The monoisotopic (exact) mass is 503 g/mol. The summed E-state index contributed by atoms with van der Waals surface area (Å²) in [5, 5.41) is 10.7. The van der Waals surface area contributed by atoms with Gasteiger partial charge in [-0.15, -0.1) is 0 Å². The highest BCUT2D eigenvalue weighted by Crippen LogP contribution is 2.45. The Balaban J connectivity index is 1.84. The molecule has 0 spiro atoms. The summed E-state index contributed by atoms with van der Waals surface area (Å²) in [5.41, 5.74) is 1.86. The number of ether oxygens (including phenoxy) is 1. The van der Waals surface area contributed by atoms with Crippen LogP contribution in [0.2, 0.25) is 16.6 Å². The van der Waals surface area contributed by atoms with Crippen LogP contribution in [0.25, 0.3) is 0 Å². The fourth-order valence-corrected chi connectivity index (χ4v) is 12.2. The molecule has 2 aliphatic rings. The Morgan fingerprint density at radius 1 is 1.00 bits per heavy atom. The maximum atomic E-state index is 10.7. The van der Waals surface area contributed by atoms with Crippen LogP contribution in [-0.4, -0.2) is 55.1 Å². The van der Waals surface area contributed by atoms with Gasteiger partial charge in [-0.25, -0.2) is 0 Å². The Hall–Kier alpha value is -1.13. The van der Waals surface area contributed by atoms with Crippen molar-refractivity contribution < 1.29 is 14.3 Å². The number of benzene rings is 1. The van der Waals surface area contributed by atoms with E-state index in [9.17, 15) is 5.11 Å². The minimum Gasteiger partial charge on any atom is -0.540 e. The van der Waals surface area contributed by atoms with Crippen molar-refractivity contribution in [2.24, 2.45) is 0 Å². The summed E-state index contributed by atoms with van der Waals surface area (Å²) < 4.78 is 13.3. The van der Waals surface area contributed by atoms with Gasteiger partial charge in [0.25, 0.3) is 8.32 Å². The minimum atomic E-state index is -2.11. The first-order valence-corrected chi connectivity index (χ1v) is 16.4. The third-order valence-electron chi connectivity index (χ3n) is 7.55. The molecule has 1 N–H and O–H groups in total. The lowest BCUT2D eigenvalue weighted by Gasteiger charge is -2.42. The molecule has 0 amide bonds. The summed E-state index contributed by atoms with van der Waals surface area (Å²) in [7, 11) is -2.11. The van der Waals surface area contributed by atoms with Crippen molar-refractivity contribution in [3.63, 3.8) is 0 Å². The van der Waals surface area contributed by atoms with Gasteiger partial charge in [0.1, 0.15) is 18.0 Å². The van der Waals surface area contributed by atoms with Crippen LogP contribution in [0.5, 0.6) is 11.5 Å². The molecule has 2 heterocycles. The fraction of sp³-hybridized carbons (Fsp3) is 0.714. The molecule has 0 atom stereocenters. The Labute approximate surface area is 213 Å². The molecule has 0 bridgehead atoms. The second kappa shape index (κ2) is 12.2. The number of nitrogens with zero attached hydrogens (tertiary/aromatic N) is 1. The number of hydrogen-bond acceptors (Lipinski definition) is 5. The van der Waals surface area contributed by atoms with E-state index in [0.717, 1.165) is 42.4 Å². The van der Waals surface area contributed by atoms with Gasteiger partial charge in [0.15, 0.2) is 5.75 Å². The predicted molar refractivity (Wildman–Crippen MR) is 147 cm³/mol. The van der Waals surface area contributed by atoms with Gasteiger partial charge in [-0.05, 0) is 84.6 Å². The zero-order valence-corrected chi connectivity index (χ0v) is 24.0. The quantitative estimate of drug-likeness (QED) is 0.309. The van der Waals surface area contributed by atoms with Crippen LogP contribution < -0.4 is 9.16 Å². The number of thioether (sulfide) groups is 1. The molecule has 0 aromatic heterocycles. The third-order valence-corrected chi connectivity index (χ3v) is 14.5. The lowest BCUT2D eigenvalue weighted by molar-refractivity contribution is 0.0925. The predicted octanol–water partition coefficient (Wildman–Crippen LogP) is 6.48. The number of likely N-dealkylation sites (tertiary alicyclic amines) is 1. The topological polar surface area (TPSA) is 41.9 Å². The maximum Gasteiger partial charge on any atom is 0.258 e. The Morgan fingerprint density at radius 2 is 1.62 bits per heavy atom. The van der Waals surface area contributed by atoms with E-state index < -0.39 is 13.9 Å². The molecular formula is C28H45NO3SSi. The summed E-state index contributed by atoms with van der Waals surface area (Å²) in [6.07, 6.45) is 4.03. The summed E-state index contributed by atoms with van der Waals surface area (Å²) in [6, 6.07) is 6.48. The van der Waals surface area contributed by atoms with Gasteiger partial charge >= 0.3 is 0 Å². The second-order valence-corrected chi connectivity index (χ2v) is 17.5. The van der Waals surface area contributed by atoms with Crippen molar-refractivity contribution in [1.82, 2.24) is 4.90 Å². The summed E-state index contributed by atoms with van der Waals surface area (Å²) in [5.74, 6) is 9.77. The summed E-state index contributed by atoms with van der Waals surface area (Å²) in [6.45, 7) is 17.4. The first-order valence-electron chi connectivity index (χ1n) is 13.1. The van der Waals surface area contributed by atoms with E-state index in [2.05, 4.69) is 76.5 Å². The van der Waals surface area contributed by atoms with Crippen molar-refractivity contribution in [2.75, 3.05) is 31.2 Å². The lowest BCUT2D eigenvalue weighted by Crippen LogP contribution is -2.50. The number of aliphatic hydroxyl groups is 1. The molecule has 2 saturated heterocycles. The van der Waals surface area contributed by atoms with Gasteiger partial charge in [-0.3, -0.25) is 4.90 Å². The molecule has 3 rings (SSSR count). The summed E-state index contributed by atoms with van der Waals surface area (Å²) in [4.78, 5) is 2.51. The van der Waals surface area contributed by atoms with Gasteiger partial charge in [0.2, 0.25) is 0 Å².